The first-order valence-corrected chi connectivity index (χ1v) is 7.92. The minimum atomic E-state index is -1.00. The van der Waals surface area contributed by atoms with E-state index in [9.17, 15) is 14.7 Å². The van der Waals surface area contributed by atoms with Crippen LogP contribution in [0.3, 0.4) is 0 Å². The number of aromatic carboxylic acids is 1. The van der Waals surface area contributed by atoms with Gasteiger partial charge in [-0.2, -0.15) is 0 Å². The molecule has 0 spiro atoms. The molecule has 1 aliphatic heterocycles. The summed E-state index contributed by atoms with van der Waals surface area (Å²) in [6.07, 6.45) is 1.58. The predicted molar refractivity (Wildman–Crippen MR) is 90.8 cm³/mol. The number of hydrogen-bond donors (Lipinski definition) is 1. The number of carboxylic acid groups (broad SMARTS) is 1. The number of halogens is 1. The van der Waals surface area contributed by atoms with Gasteiger partial charge in [-0.15, -0.1) is 0 Å². The molecular weight excluding hydrogens is 330 g/mol. The van der Waals surface area contributed by atoms with Crippen molar-refractivity contribution in [1.82, 2.24) is 9.88 Å². The summed E-state index contributed by atoms with van der Waals surface area (Å²) >= 11 is 5.84. The molecule has 1 aliphatic rings. The van der Waals surface area contributed by atoms with E-state index in [1.807, 2.05) is 4.90 Å². The monoisotopic (exact) mass is 345 g/mol. The van der Waals surface area contributed by atoms with Crippen molar-refractivity contribution in [1.29, 1.82) is 0 Å². The van der Waals surface area contributed by atoms with E-state index in [2.05, 4.69) is 4.98 Å². The second-order valence-electron chi connectivity index (χ2n) is 5.47. The molecular formula is C17H16ClN3O3. The van der Waals surface area contributed by atoms with E-state index in [-0.39, 0.29) is 11.5 Å². The van der Waals surface area contributed by atoms with Crippen LogP contribution in [-0.2, 0) is 0 Å². The number of pyridine rings is 1. The fourth-order valence-electron chi connectivity index (χ4n) is 2.71. The van der Waals surface area contributed by atoms with Crippen molar-refractivity contribution in [2.45, 2.75) is 0 Å². The van der Waals surface area contributed by atoms with Gasteiger partial charge in [-0.25, -0.2) is 9.78 Å². The molecule has 0 atom stereocenters. The maximum absolute atomic E-state index is 12.5. The maximum Gasteiger partial charge on any atom is 0.339 e. The number of amides is 1. The van der Waals surface area contributed by atoms with Crippen LogP contribution < -0.4 is 4.90 Å². The molecule has 1 aromatic carbocycles. The lowest BCUT2D eigenvalue weighted by atomic mass is 10.1. The molecule has 1 saturated heterocycles. The van der Waals surface area contributed by atoms with Gasteiger partial charge >= 0.3 is 5.97 Å². The summed E-state index contributed by atoms with van der Waals surface area (Å²) in [5.74, 6) is -0.604. The quantitative estimate of drug-likeness (QED) is 0.924. The van der Waals surface area contributed by atoms with E-state index < -0.39 is 5.97 Å². The molecule has 1 aromatic heterocycles. The molecule has 7 heteroatoms. The number of carboxylic acids is 1. The van der Waals surface area contributed by atoms with Crippen LogP contribution in [0.25, 0.3) is 0 Å². The standard InChI is InChI=1S/C17H16ClN3O3/c18-13-5-3-12(4-6-13)16(22)21-10-8-20(9-11-21)15-14(17(23)24)2-1-7-19-15/h1-7H,8-11H2,(H,23,24). The smallest absolute Gasteiger partial charge is 0.339 e. The molecule has 0 bridgehead atoms. The summed E-state index contributed by atoms with van der Waals surface area (Å²) in [4.78, 5) is 31.6. The third kappa shape index (κ3) is 3.33. The molecule has 24 heavy (non-hydrogen) atoms. The summed E-state index contributed by atoms with van der Waals surface area (Å²) in [5, 5.41) is 9.86. The van der Waals surface area contributed by atoms with Crippen molar-refractivity contribution in [2.75, 3.05) is 31.1 Å². The van der Waals surface area contributed by atoms with Gasteiger partial charge in [0.25, 0.3) is 5.91 Å². The molecule has 0 aliphatic carbocycles. The lowest BCUT2D eigenvalue weighted by molar-refractivity contribution is 0.0692. The average molecular weight is 346 g/mol. The third-order valence-electron chi connectivity index (χ3n) is 3.97. The van der Waals surface area contributed by atoms with Gasteiger partial charge in [-0.3, -0.25) is 4.79 Å². The van der Waals surface area contributed by atoms with Crippen molar-refractivity contribution in [3.05, 3.63) is 58.7 Å². The van der Waals surface area contributed by atoms with Gasteiger partial charge in [0.05, 0.1) is 0 Å². The summed E-state index contributed by atoms with van der Waals surface area (Å²) in [5.41, 5.74) is 0.770. The van der Waals surface area contributed by atoms with E-state index in [1.54, 1.807) is 41.4 Å². The van der Waals surface area contributed by atoms with Crippen LogP contribution in [0.2, 0.25) is 5.02 Å². The Morgan fingerprint density at radius 3 is 2.33 bits per heavy atom. The molecule has 3 rings (SSSR count). The molecule has 1 fully saturated rings. The van der Waals surface area contributed by atoms with E-state index in [0.717, 1.165) is 0 Å². The molecule has 1 amide bonds. The van der Waals surface area contributed by atoms with Gasteiger partial charge in [-0.05, 0) is 36.4 Å². The first-order valence-electron chi connectivity index (χ1n) is 7.54. The minimum absolute atomic E-state index is 0.0502. The highest BCUT2D eigenvalue weighted by Crippen LogP contribution is 2.20. The number of benzene rings is 1. The van der Waals surface area contributed by atoms with E-state index in [1.165, 1.54) is 6.07 Å². The summed E-state index contributed by atoms with van der Waals surface area (Å²) in [6.45, 7) is 2.10. The fraction of sp³-hybridized carbons (Fsp3) is 0.235. The molecule has 0 saturated carbocycles. The molecule has 0 unspecified atom stereocenters. The van der Waals surface area contributed by atoms with Crippen LogP contribution in [0.15, 0.2) is 42.6 Å². The number of aromatic nitrogens is 1. The number of anilines is 1. The molecule has 124 valence electrons. The highest BCUT2D eigenvalue weighted by molar-refractivity contribution is 6.30. The normalized spacial score (nSPS) is 14.5. The molecule has 6 nitrogen and oxygen atoms in total. The lowest BCUT2D eigenvalue weighted by Gasteiger charge is -2.35. The van der Waals surface area contributed by atoms with Crippen molar-refractivity contribution in [3.8, 4) is 0 Å². The number of carbonyl (C=O) groups is 2. The highest BCUT2D eigenvalue weighted by atomic mass is 35.5. The Balaban J connectivity index is 1.69. The first kappa shape index (κ1) is 16.3. The van der Waals surface area contributed by atoms with Crippen LogP contribution in [0.4, 0.5) is 5.82 Å². The second kappa shape index (κ2) is 6.88. The van der Waals surface area contributed by atoms with Crippen LogP contribution in [-0.4, -0.2) is 53.0 Å². The van der Waals surface area contributed by atoms with Gasteiger partial charge in [-0.1, -0.05) is 11.6 Å². The number of nitrogens with zero attached hydrogens (tertiary/aromatic N) is 3. The largest absolute Gasteiger partial charge is 0.478 e. The van der Waals surface area contributed by atoms with Crippen LogP contribution in [0.1, 0.15) is 20.7 Å². The van der Waals surface area contributed by atoms with Gasteiger partial charge in [0.15, 0.2) is 0 Å². The van der Waals surface area contributed by atoms with Crippen molar-refractivity contribution < 1.29 is 14.7 Å². The van der Waals surface area contributed by atoms with Crippen molar-refractivity contribution in [3.63, 3.8) is 0 Å². The van der Waals surface area contributed by atoms with E-state index in [4.69, 9.17) is 11.6 Å². The summed E-state index contributed by atoms with van der Waals surface area (Å²) in [7, 11) is 0. The Hall–Kier alpha value is -2.60. The Morgan fingerprint density at radius 1 is 1.04 bits per heavy atom. The zero-order valence-corrected chi connectivity index (χ0v) is 13.6. The number of carbonyl (C=O) groups excluding carboxylic acids is 1. The zero-order valence-electron chi connectivity index (χ0n) is 12.9. The fourth-order valence-corrected chi connectivity index (χ4v) is 2.84. The maximum atomic E-state index is 12.5. The first-order chi connectivity index (χ1) is 11.6. The summed E-state index contributed by atoms with van der Waals surface area (Å²) in [6, 6.07) is 9.94. The van der Waals surface area contributed by atoms with E-state index >= 15 is 0 Å². The Morgan fingerprint density at radius 2 is 1.71 bits per heavy atom. The Kier molecular flexibility index (Phi) is 4.66. The molecule has 2 aromatic rings. The van der Waals surface area contributed by atoms with Crippen LogP contribution in [0.5, 0.6) is 0 Å². The van der Waals surface area contributed by atoms with Gasteiger partial charge in [0.2, 0.25) is 0 Å². The predicted octanol–water partition coefficient (Wildman–Crippen LogP) is 2.40. The van der Waals surface area contributed by atoms with Crippen molar-refractivity contribution >= 4 is 29.3 Å². The SMILES string of the molecule is O=C(O)c1cccnc1N1CCN(C(=O)c2ccc(Cl)cc2)CC1. The van der Waals surface area contributed by atoms with Crippen molar-refractivity contribution in [2.24, 2.45) is 0 Å². The average Bonchev–Trinajstić information content (AvgIpc) is 2.62. The molecule has 2 heterocycles. The zero-order chi connectivity index (χ0) is 17.1. The van der Waals surface area contributed by atoms with Gasteiger partial charge < -0.3 is 14.9 Å². The van der Waals surface area contributed by atoms with Gasteiger partial charge in [0.1, 0.15) is 11.4 Å². The summed E-state index contributed by atoms with van der Waals surface area (Å²) < 4.78 is 0. The second-order valence-corrected chi connectivity index (χ2v) is 5.90. The molecule has 1 N–H and O–H groups in total. The van der Waals surface area contributed by atoms with Crippen LogP contribution in [0, 0.1) is 0 Å². The molecule has 0 radical (unpaired) electrons. The third-order valence-corrected chi connectivity index (χ3v) is 4.23. The Labute approximate surface area is 144 Å². The topological polar surface area (TPSA) is 73.7 Å². The van der Waals surface area contributed by atoms with Crippen LogP contribution >= 0.6 is 11.6 Å². The number of piperazine rings is 1. The Bertz CT molecular complexity index is 756. The lowest BCUT2D eigenvalue weighted by Crippen LogP contribution is -2.49. The number of rotatable bonds is 3. The van der Waals surface area contributed by atoms with E-state index in [0.29, 0.717) is 42.6 Å². The highest BCUT2D eigenvalue weighted by Gasteiger charge is 2.25. The number of hydrogen-bond acceptors (Lipinski definition) is 4. The minimum Gasteiger partial charge on any atom is -0.478 e. The van der Waals surface area contributed by atoms with Gasteiger partial charge in [0, 0.05) is 43.0 Å².